The van der Waals surface area contributed by atoms with Gasteiger partial charge in [0.15, 0.2) is 0 Å². The number of carbonyl (C=O) groups is 1. The van der Waals surface area contributed by atoms with Crippen LogP contribution in [0.15, 0.2) is 18.2 Å². The number of allylic oxidation sites excluding steroid dienone is 2. The molecule has 2 nitrogen and oxygen atoms in total. The van der Waals surface area contributed by atoms with Crippen LogP contribution in [0.1, 0.15) is 6.42 Å². The van der Waals surface area contributed by atoms with Crippen molar-refractivity contribution in [3.63, 3.8) is 0 Å². The van der Waals surface area contributed by atoms with Crippen molar-refractivity contribution in [1.29, 1.82) is 0 Å². The molecule has 0 aliphatic rings. The van der Waals surface area contributed by atoms with E-state index in [1.54, 1.807) is 0 Å². The molecule has 0 amide bonds. The van der Waals surface area contributed by atoms with E-state index in [-0.39, 0.29) is 6.42 Å². The Morgan fingerprint density at radius 3 is 2.75 bits per heavy atom. The fourth-order valence-corrected chi connectivity index (χ4v) is 0.247. The maximum absolute atomic E-state index is 9.77. The number of aliphatic carboxylic acids is 1. The van der Waals surface area contributed by atoms with Crippen LogP contribution in [0, 0.1) is 6.58 Å². The molecule has 0 aromatic carbocycles. The Morgan fingerprint density at radius 2 is 2.38 bits per heavy atom. The van der Waals surface area contributed by atoms with Crippen LogP contribution in [0.5, 0.6) is 0 Å². The molecule has 0 fully saturated rings. The van der Waals surface area contributed by atoms with Crippen molar-refractivity contribution in [1.82, 2.24) is 0 Å². The maximum atomic E-state index is 9.77. The quantitative estimate of drug-likeness (QED) is 0.552. The molecule has 0 aliphatic carbocycles. The van der Waals surface area contributed by atoms with E-state index in [0.717, 1.165) is 0 Å². The molecule has 0 aromatic heterocycles. The van der Waals surface area contributed by atoms with Crippen molar-refractivity contribution in [3.05, 3.63) is 24.8 Å². The van der Waals surface area contributed by atoms with Crippen LogP contribution in [-0.2, 0) is 4.79 Å². The minimum atomic E-state index is -0.844. The van der Waals surface area contributed by atoms with Gasteiger partial charge in [-0.3, -0.25) is 4.79 Å². The van der Waals surface area contributed by atoms with Crippen LogP contribution < -0.4 is 0 Å². The largest absolute Gasteiger partial charge is 0.481 e. The Labute approximate surface area is 48.1 Å². The zero-order valence-corrected chi connectivity index (χ0v) is 4.37. The first-order valence-electron chi connectivity index (χ1n) is 2.19. The van der Waals surface area contributed by atoms with Crippen LogP contribution in [0.2, 0.25) is 0 Å². The normalized spacial score (nSPS) is 9.50. The van der Waals surface area contributed by atoms with Crippen LogP contribution >= 0.6 is 0 Å². The zero-order valence-electron chi connectivity index (χ0n) is 4.37. The van der Waals surface area contributed by atoms with Gasteiger partial charge in [0.1, 0.15) is 0 Å². The van der Waals surface area contributed by atoms with Gasteiger partial charge < -0.3 is 5.11 Å². The molecule has 1 N–H and O–H groups in total. The summed E-state index contributed by atoms with van der Waals surface area (Å²) in [6.07, 6.45) is 4.30. The second-order valence-corrected chi connectivity index (χ2v) is 1.22. The predicted octanol–water partition coefficient (Wildman–Crippen LogP) is 1.01. The summed E-state index contributed by atoms with van der Waals surface area (Å²) in [6.45, 7) is 4.91. The molecule has 0 heterocycles. The zero-order chi connectivity index (χ0) is 6.41. The third-order valence-corrected chi connectivity index (χ3v) is 0.540. The van der Waals surface area contributed by atoms with Gasteiger partial charge in [0.2, 0.25) is 0 Å². The molecule has 0 saturated heterocycles. The van der Waals surface area contributed by atoms with Crippen molar-refractivity contribution < 1.29 is 9.90 Å². The number of carboxylic acids is 1. The Morgan fingerprint density at radius 1 is 1.75 bits per heavy atom. The summed E-state index contributed by atoms with van der Waals surface area (Å²) in [4.78, 5) is 9.77. The highest BCUT2D eigenvalue weighted by atomic mass is 16.4. The van der Waals surface area contributed by atoms with E-state index < -0.39 is 5.97 Å². The van der Waals surface area contributed by atoms with E-state index in [2.05, 4.69) is 0 Å². The smallest absolute Gasteiger partial charge is 0.307 e. The topological polar surface area (TPSA) is 37.3 Å². The summed E-state index contributed by atoms with van der Waals surface area (Å²) < 4.78 is 0. The van der Waals surface area contributed by atoms with Crippen molar-refractivity contribution in [2.45, 2.75) is 6.42 Å². The Hall–Kier alpha value is -1.05. The Balaban J connectivity index is 3.29. The molecule has 1 radical (unpaired) electrons. The molecular formula is C6H7O2. The van der Waals surface area contributed by atoms with E-state index in [4.69, 9.17) is 11.7 Å². The first kappa shape index (κ1) is 6.95. The highest BCUT2D eigenvalue weighted by Gasteiger charge is 1.85. The molecule has 0 unspecified atom stereocenters. The summed E-state index contributed by atoms with van der Waals surface area (Å²) in [5.74, 6) is -0.844. The number of carboxylic acid groups (broad SMARTS) is 1. The van der Waals surface area contributed by atoms with E-state index in [1.807, 2.05) is 0 Å². The summed E-state index contributed by atoms with van der Waals surface area (Å²) >= 11 is 0. The molecule has 43 valence electrons. The fourth-order valence-electron chi connectivity index (χ4n) is 0.247. The highest BCUT2D eigenvalue weighted by molar-refractivity contribution is 5.68. The third-order valence-electron chi connectivity index (χ3n) is 0.540. The first-order valence-corrected chi connectivity index (χ1v) is 2.19. The lowest BCUT2D eigenvalue weighted by Gasteiger charge is -1.78. The van der Waals surface area contributed by atoms with Crippen molar-refractivity contribution in [3.8, 4) is 0 Å². The second kappa shape index (κ2) is 4.12. The molecule has 0 aromatic rings. The number of hydrogen-bond donors (Lipinski definition) is 1. The van der Waals surface area contributed by atoms with Crippen LogP contribution in [-0.4, -0.2) is 11.1 Å². The molecule has 2 heteroatoms. The summed E-state index contributed by atoms with van der Waals surface area (Å²) in [7, 11) is 0. The van der Waals surface area contributed by atoms with E-state index in [1.165, 1.54) is 18.2 Å². The first-order chi connectivity index (χ1) is 3.77. The average molecular weight is 111 g/mol. The molecule has 0 bridgehead atoms. The van der Waals surface area contributed by atoms with E-state index in [9.17, 15) is 4.79 Å². The molecule has 0 atom stereocenters. The maximum Gasteiger partial charge on any atom is 0.307 e. The number of hydrogen-bond acceptors (Lipinski definition) is 1. The SMILES string of the molecule is [CH]=CC=CCC(=O)O. The lowest BCUT2D eigenvalue weighted by molar-refractivity contribution is -0.135. The van der Waals surface area contributed by atoms with Gasteiger partial charge in [-0.25, -0.2) is 0 Å². The minimum Gasteiger partial charge on any atom is -0.481 e. The monoisotopic (exact) mass is 111 g/mol. The van der Waals surface area contributed by atoms with Crippen molar-refractivity contribution in [2.24, 2.45) is 0 Å². The Bertz CT molecular complexity index is 114. The lowest BCUT2D eigenvalue weighted by atomic mass is 10.4. The van der Waals surface area contributed by atoms with Crippen molar-refractivity contribution >= 4 is 5.97 Å². The van der Waals surface area contributed by atoms with Gasteiger partial charge in [-0.1, -0.05) is 24.8 Å². The van der Waals surface area contributed by atoms with Crippen LogP contribution in [0.3, 0.4) is 0 Å². The molecule has 0 saturated carbocycles. The summed E-state index contributed by atoms with van der Waals surface area (Å²) in [6, 6.07) is 0. The van der Waals surface area contributed by atoms with Crippen molar-refractivity contribution in [2.75, 3.05) is 0 Å². The van der Waals surface area contributed by atoms with Gasteiger partial charge in [-0.05, 0) is 0 Å². The van der Waals surface area contributed by atoms with Gasteiger partial charge in [0.05, 0.1) is 6.42 Å². The lowest BCUT2D eigenvalue weighted by Crippen LogP contribution is -1.89. The van der Waals surface area contributed by atoms with Gasteiger partial charge in [-0.2, -0.15) is 0 Å². The van der Waals surface area contributed by atoms with Gasteiger partial charge in [0.25, 0.3) is 0 Å². The molecular weight excluding hydrogens is 104 g/mol. The number of rotatable bonds is 3. The third kappa shape index (κ3) is 4.95. The van der Waals surface area contributed by atoms with Crippen LogP contribution in [0.4, 0.5) is 0 Å². The molecule has 0 aliphatic heterocycles. The predicted molar refractivity (Wildman–Crippen MR) is 30.3 cm³/mol. The molecule has 0 rings (SSSR count). The standard InChI is InChI=1S/C6H7O2/c1-2-3-4-5-6(7)8/h1-4H,5H2,(H,7,8). The van der Waals surface area contributed by atoms with E-state index in [0.29, 0.717) is 0 Å². The average Bonchev–Trinajstić information content (AvgIpc) is 1.66. The Kier molecular flexibility index (Phi) is 3.58. The second-order valence-electron chi connectivity index (χ2n) is 1.22. The molecule has 8 heavy (non-hydrogen) atoms. The van der Waals surface area contributed by atoms with Crippen LogP contribution in [0.25, 0.3) is 0 Å². The van der Waals surface area contributed by atoms with Gasteiger partial charge in [0, 0.05) is 0 Å². The summed E-state index contributed by atoms with van der Waals surface area (Å²) in [5, 5.41) is 8.03. The highest BCUT2D eigenvalue weighted by Crippen LogP contribution is 1.80. The fraction of sp³-hybridized carbons (Fsp3) is 0.167. The van der Waals surface area contributed by atoms with Gasteiger partial charge >= 0.3 is 5.97 Å². The van der Waals surface area contributed by atoms with E-state index >= 15 is 0 Å². The summed E-state index contributed by atoms with van der Waals surface area (Å²) in [5.41, 5.74) is 0. The molecule has 0 spiro atoms. The van der Waals surface area contributed by atoms with Gasteiger partial charge in [-0.15, -0.1) is 0 Å². The minimum absolute atomic E-state index is 0.0354.